The van der Waals surface area contributed by atoms with Crippen molar-refractivity contribution in [1.82, 2.24) is 0 Å². The van der Waals surface area contributed by atoms with Gasteiger partial charge < -0.3 is 17.7 Å². The molecule has 0 aliphatic heterocycles. The van der Waals surface area contributed by atoms with Crippen molar-refractivity contribution in [2.75, 3.05) is 7.11 Å². The van der Waals surface area contributed by atoms with E-state index >= 15 is 0 Å². The van der Waals surface area contributed by atoms with Gasteiger partial charge in [0.25, 0.3) is 0 Å². The molecular weight excluding hydrogens is 228 g/mol. The minimum absolute atomic E-state index is 0.370. The molecule has 0 spiro atoms. The van der Waals surface area contributed by atoms with E-state index in [1.807, 2.05) is 0 Å². The van der Waals surface area contributed by atoms with Crippen LogP contribution in [0.1, 0.15) is 4.88 Å². The van der Waals surface area contributed by atoms with Crippen LogP contribution in [-0.2, 0) is 9.53 Å². The molecule has 0 unspecified atom stereocenters. The molecule has 1 heterocycles. The molecule has 0 amide bonds. The lowest BCUT2D eigenvalue weighted by atomic mass is 9.82. The molecule has 7 heteroatoms. The lowest BCUT2D eigenvalue weighted by Gasteiger charge is -2.10. The second kappa shape index (κ2) is 4.52. The minimum atomic E-state index is -4.96. The van der Waals surface area contributed by atoms with Crippen molar-refractivity contribution >= 4 is 35.8 Å². The molecule has 1 aromatic rings. The first-order valence-electron chi connectivity index (χ1n) is 3.98. The number of methoxy groups -OCH3 is 1. The maximum atomic E-state index is 12.2. The summed E-state index contributed by atoms with van der Waals surface area (Å²) in [4.78, 5) is 11.0. The van der Waals surface area contributed by atoms with Crippen LogP contribution in [0.5, 0.6) is 0 Å². The van der Waals surface area contributed by atoms with Crippen LogP contribution in [0.4, 0.5) is 12.9 Å². The topological polar surface area (TPSA) is 26.3 Å². The summed E-state index contributed by atoms with van der Waals surface area (Å²) in [7, 11) is 1.20. The van der Waals surface area contributed by atoms with Gasteiger partial charge in [-0.05, 0) is 11.5 Å². The van der Waals surface area contributed by atoms with Crippen molar-refractivity contribution < 1.29 is 22.5 Å². The van der Waals surface area contributed by atoms with Crippen molar-refractivity contribution in [1.29, 1.82) is 0 Å². The highest BCUT2D eigenvalue weighted by Gasteiger charge is 2.26. The Labute approximate surface area is 88.4 Å². The largest absolute Gasteiger partial charge is 0.510 e. The van der Waals surface area contributed by atoms with Crippen LogP contribution in [0.2, 0.25) is 0 Å². The molecule has 15 heavy (non-hydrogen) atoms. The Morgan fingerprint density at radius 3 is 2.67 bits per heavy atom. The third kappa shape index (κ3) is 3.43. The van der Waals surface area contributed by atoms with Crippen molar-refractivity contribution in [2.24, 2.45) is 0 Å². The van der Waals surface area contributed by atoms with Crippen LogP contribution in [0.15, 0.2) is 17.5 Å². The van der Waals surface area contributed by atoms with Crippen molar-refractivity contribution in [3.63, 3.8) is 0 Å². The number of ether oxygens (including phenoxy) is 1. The van der Waals surface area contributed by atoms with Gasteiger partial charge in [0.1, 0.15) is 0 Å². The van der Waals surface area contributed by atoms with E-state index in [2.05, 4.69) is 4.74 Å². The summed E-state index contributed by atoms with van der Waals surface area (Å²) in [5.74, 6) is -0.595. The first-order chi connectivity index (χ1) is 6.93. The minimum Gasteiger partial charge on any atom is -0.466 e. The number of carbonyl (C=O) groups is 1. The van der Waals surface area contributed by atoms with E-state index < -0.39 is 18.4 Å². The SMILES string of the molecule is COC(=O)/C=C/c1cc([B-](F)(F)F)cs1. The number of halogens is 3. The molecule has 0 atom stereocenters. The van der Waals surface area contributed by atoms with E-state index in [1.54, 1.807) is 0 Å². The number of hydrogen-bond acceptors (Lipinski definition) is 3. The zero-order chi connectivity index (χ0) is 11.5. The summed E-state index contributed by atoms with van der Waals surface area (Å²) in [5.41, 5.74) is -0.649. The lowest BCUT2D eigenvalue weighted by Crippen LogP contribution is -2.32. The van der Waals surface area contributed by atoms with Crippen LogP contribution in [0.25, 0.3) is 6.08 Å². The van der Waals surface area contributed by atoms with Crippen LogP contribution < -0.4 is 5.46 Å². The molecule has 0 radical (unpaired) electrons. The molecule has 2 nitrogen and oxygen atoms in total. The molecule has 0 fully saturated rings. The first kappa shape index (κ1) is 11.8. The molecule has 0 aromatic carbocycles. The molecule has 0 N–H and O–H groups in total. The zero-order valence-corrected chi connectivity index (χ0v) is 8.56. The predicted octanol–water partition coefficient (Wildman–Crippen LogP) is 1.99. The molecule has 0 saturated heterocycles. The van der Waals surface area contributed by atoms with E-state index in [-0.39, 0.29) is 0 Å². The Balaban J connectivity index is 2.77. The second-order valence-corrected chi connectivity index (χ2v) is 3.66. The van der Waals surface area contributed by atoms with Gasteiger partial charge in [0.05, 0.1) is 7.11 Å². The number of hydrogen-bond donors (Lipinski definition) is 0. The molecule has 0 bridgehead atoms. The van der Waals surface area contributed by atoms with Crippen LogP contribution in [0, 0.1) is 0 Å². The van der Waals surface area contributed by atoms with E-state index in [0.29, 0.717) is 4.88 Å². The molecule has 0 aliphatic carbocycles. The summed E-state index contributed by atoms with van der Waals surface area (Å²) >= 11 is 0.930. The molecule has 0 aliphatic rings. The Bertz CT molecular complexity index is 383. The third-order valence-electron chi connectivity index (χ3n) is 1.60. The van der Waals surface area contributed by atoms with Gasteiger partial charge in [-0.3, -0.25) is 0 Å². The van der Waals surface area contributed by atoms with Crippen LogP contribution in [-0.4, -0.2) is 20.1 Å². The van der Waals surface area contributed by atoms with Crippen LogP contribution in [0.3, 0.4) is 0 Å². The van der Waals surface area contributed by atoms with Crippen molar-refractivity contribution in [3.05, 3.63) is 22.4 Å². The number of esters is 1. The normalized spacial score (nSPS) is 12.0. The number of carbonyl (C=O) groups excluding carboxylic acids is 1. The molecular formula is C8H7BF3O2S-. The number of thiophene rings is 1. The van der Waals surface area contributed by atoms with E-state index in [4.69, 9.17) is 0 Å². The summed E-state index contributed by atoms with van der Waals surface area (Å²) in [6.07, 6.45) is 2.38. The van der Waals surface area contributed by atoms with Gasteiger partial charge in [-0.25, -0.2) is 4.79 Å². The smallest absolute Gasteiger partial charge is 0.466 e. The average molecular weight is 235 g/mol. The fourth-order valence-electron chi connectivity index (χ4n) is 0.846. The quantitative estimate of drug-likeness (QED) is 0.455. The summed E-state index contributed by atoms with van der Waals surface area (Å²) in [5, 5.41) is 1.02. The molecule has 1 rings (SSSR count). The predicted molar refractivity (Wildman–Crippen MR) is 54.1 cm³/mol. The maximum absolute atomic E-state index is 12.2. The van der Waals surface area contributed by atoms with Gasteiger partial charge in [-0.15, -0.1) is 11.3 Å². The van der Waals surface area contributed by atoms with Crippen LogP contribution >= 0.6 is 11.3 Å². The van der Waals surface area contributed by atoms with E-state index in [1.165, 1.54) is 13.2 Å². The fraction of sp³-hybridized carbons (Fsp3) is 0.125. The average Bonchev–Trinajstić information content (AvgIpc) is 2.61. The van der Waals surface area contributed by atoms with Crippen molar-refractivity contribution in [3.8, 4) is 0 Å². The van der Waals surface area contributed by atoms with Gasteiger partial charge in [0, 0.05) is 11.0 Å². The molecule has 0 saturated carbocycles. The second-order valence-electron chi connectivity index (χ2n) is 2.71. The monoisotopic (exact) mass is 235 g/mol. The van der Waals surface area contributed by atoms with Gasteiger partial charge in [-0.1, -0.05) is 11.5 Å². The standard InChI is InChI=1S/C8H7BF3O2S/c1-14-8(13)3-2-7-4-6(5-15-7)9(10,11)12/h2-5H,1H3/q-1/b3-2+. The number of rotatable bonds is 3. The summed E-state index contributed by atoms with van der Waals surface area (Å²) in [6, 6.07) is 1.00. The maximum Gasteiger partial charge on any atom is 0.510 e. The first-order valence-corrected chi connectivity index (χ1v) is 4.86. The fourth-order valence-corrected chi connectivity index (χ4v) is 1.69. The van der Waals surface area contributed by atoms with Gasteiger partial charge >= 0.3 is 12.9 Å². The Morgan fingerprint density at radius 2 is 2.20 bits per heavy atom. The third-order valence-corrected chi connectivity index (χ3v) is 2.52. The summed E-state index contributed by atoms with van der Waals surface area (Å²) < 4.78 is 41.0. The Kier molecular flexibility index (Phi) is 3.57. The Morgan fingerprint density at radius 1 is 1.53 bits per heavy atom. The highest BCUT2D eigenvalue weighted by Crippen LogP contribution is 2.16. The zero-order valence-electron chi connectivity index (χ0n) is 7.75. The van der Waals surface area contributed by atoms with Gasteiger partial charge in [0.2, 0.25) is 0 Å². The highest BCUT2D eigenvalue weighted by atomic mass is 32.1. The van der Waals surface area contributed by atoms with Crippen molar-refractivity contribution in [2.45, 2.75) is 0 Å². The van der Waals surface area contributed by atoms with E-state index in [9.17, 15) is 17.7 Å². The van der Waals surface area contributed by atoms with E-state index in [0.717, 1.165) is 28.9 Å². The molecule has 82 valence electrons. The lowest BCUT2D eigenvalue weighted by molar-refractivity contribution is -0.134. The Hall–Kier alpha value is -1.24. The van der Waals surface area contributed by atoms with Gasteiger partial charge in [-0.2, -0.15) is 0 Å². The highest BCUT2D eigenvalue weighted by molar-refractivity contribution is 7.12. The summed E-state index contributed by atoms with van der Waals surface area (Å²) in [6.45, 7) is -4.96. The van der Waals surface area contributed by atoms with Gasteiger partial charge in [0.15, 0.2) is 0 Å². The molecule has 1 aromatic heterocycles.